The number of hydrogen-bond acceptors (Lipinski definition) is 2. The monoisotopic (exact) mass is 280 g/mol. The quantitative estimate of drug-likeness (QED) is 0.788. The van der Waals surface area contributed by atoms with Crippen LogP contribution in [0.5, 0.6) is 0 Å². The van der Waals surface area contributed by atoms with Gasteiger partial charge >= 0.3 is 0 Å². The fourth-order valence-corrected chi connectivity index (χ4v) is 2.35. The van der Waals surface area contributed by atoms with Crippen LogP contribution in [-0.4, -0.2) is 11.8 Å². The van der Waals surface area contributed by atoms with Crippen molar-refractivity contribution in [3.63, 3.8) is 0 Å². The maximum absolute atomic E-state index is 12.4. The zero-order valence-electron chi connectivity index (χ0n) is 12.5. The van der Waals surface area contributed by atoms with E-state index in [4.69, 9.17) is 5.73 Å². The number of carbonyl (C=O) groups excluding carboxylic acids is 1. The number of Topliss-reactive ketones (excluding diaryl/α,β-unsaturated/α-hetero) is 1. The van der Waals surface area contributed by atoms with Gasteiger partial charge in [-0.2, -0.15) is 0 Å². The van der Waals surface area contributed by atoms with E-state index in [-0.39, 0.29) is 5.78 Å². The maximum atomic E-state index is 12.4. The lowest BCUT2D eigenvalue weighted by molar-refractivity contribution is 0.0960. The van der Waals surface area contributed by atoms with Crippen LogP contribution in [0.4, 0.5) is 0 Å². The molecule has 0 aliphatic heterocycles. The number of carbonyl (C=O) groups is 1. The van der Waals surface area contributed by atoms with Crippen molar-refractivity contribution in [3.8, 4) is 0 Å². The molecule has 1 radical (unpaired) electrons. The highest BCUT2D eigenvalue weighted by Gasteiger charge is 2.16. The van der Waals surface area contributed by atoms with Gasteiger partial charge < -0.3 is 5.73 Å². The molecule has 2 rings (SSSR count). The van der Waals surface area contributed by atoms with Gasteiger partial charge in [0.2, 0.25) is 0 Å². The molecule has 0 bridgehead atoms. The standard InChI is InChI=1S/C19H22NO/c1-2-3-8-15-11-7-12-17(13-15)19(21)18(20)14-16-9-5-4-6-10-16/h4-7,9-11,13,18H,2-3,8,14,20H2,1H3/t18-/m0/s1. The highest BCUT2D eigenvalue weighted by atomic mass is 16.1. The molecule has 0 spiro atoms. The van der Waals surface area contributed by atoms with Gasteiger partial charge in [-0.1, -0.05) is 55.8 Å². The molecular formula is C19H22NO. The summed E-state index contributed by atoms with van der Waals surface area (Å²) in [6, 6.07) is 18.2. The molecule has 21 heavy (non-hydrogen) atoms. The molecule has 2 aromatic carbocycles. The first-order valence-electron chi connectivity index (χ1n) is 7.55. The van der Waals surface area contributed by atoms with E-state index >= 15 is 0 Å². The Balaban J connectivity index is 2.05. The van der Waals surface area contributed by atoms with Crippen LogP contribution in [0.2, 0.25) is 0 Å². The summed E-state index contributed by atoms with van der Waals surface area (Å²) in [5.74, 6) is -0.0304. The Morgan fingerprint density at radius 2 is 1.95 bits per heavy atom. The molecule has 2 aromatic rings. The molecule has 2 N–H and O–H groups in total. The summed E-state index contributed by atoms with van der Waals surface area (Å²) < 4.78 is 0. The second kappa shape index (κ2) is 7.75. The number of unbranched alkanes of at least 4 members (excludes halogenated alkanes) is 1. The molecule has 0 unspecified atom stereocenters. The minimum Gasteiger partial charge on any atom is -0.321 e. The van der Waals surface area contributed by atoms with E-state index in [0.717, 1.165) is 24.8 Å². The lowest BCUT2D eigenvalue weighted by Gasteiger charge is -2.11. The predicted octanol–water partition coefficient (Wildman–Crippen LogP) is 3.58. The summed E-state index contributed by atoms with van der Waals surface area (Å²) in [6.07, 6.45) is 3.84. The van der Waals surface area contributed by atoms with Crippen molar-refractivity contribution in [1.29, 1.82) is 0 Å². The van der Waals surface area contributed by atoms with Crippen molar-refractivity contribution in [2.24, 2.45) is 5.73 Å². The van der Waals surface area contributed by atoms with E-state index in [1.54, 1.807) is 0 Å². The van der Waals surface area contributed by atoms with Crippen LogP contribution in [0.3, 0.4) is 0 Å². The molecule has 0 fully saturated rings. The molecule has 0 saturated heterocycles. The second-order valence-electron chi connectivity index (χ2n) is 5.37. The summed E-state index contributed by atoms with van der Waals surface area (Å²) in [5.41, 5.74) is 8.94. The molecule has 109 valence electrons. The third kappa shape index (κ3) is 4.54. The molecule has 0 saturated carbocycles. The van der Waals surface area contributed by atoms with Crippen LogP contribution in [0.15, 0.2) is 48.5 Å². The fourth-order valence-electron chi connectivity index (χ4n) is 2.35. The lowest BCUT2D eigenvalue weighted by Crippen LogP contribution is -2.32. The van der Waals surface area contributed by atoms with E-state index in [2.05, 4.69) is 13.0 Å². The molecule has 0 aliphatic rings. The number of hydrogen-bond donors (Lipinski definition) is 1. The Morgan fingerprint density at radius 3 is 2.67 bits per heavy atom. The van der Waals surface area contributed by atoms with Crippen molar-refractivity contribution in [3.05, 3.63) is 71.3 Å². The van der Waals surface area contributed by atoms with Gasteiger partial charge in [-0.05, 0) is 42.5 Å². The molecule has 2 nitrogen and oxygen atoms in total. The zero-order valence-corrected chi connectivity index (χ0v) is 12.5. The lowest BCUT2D eigenvalue weighted by atomic mass is 9.96. The summed E-state index contributed by atoms with van der Waals surface area (Å²) in [4.78, 5) is 12.4. The van der Waals surface area contributed by atoms with E-state index in [0.29, 0.717) is 12.0 Å². The van der Waals surface area contributed by atoms with E-state index < -0.39 is 6.04 Å². The molecule has 2 heteroatoms. The first-order valence-corrected chi connectivity index (χ1v) is 7.55. The predicted molar refractivity (Wildman–Crippen MR) is 86.3 cm³/mol. The van der Waals surface area contributed by atoms with Gasteiger partial charge in [-0.15, -0.1) is 0 Å². The summed E-state index contributed by atoms with van der Waals surface area (Å²) in [7, 11) is 0. The Morgan fingerprint density at radius 1 is 1.19 bits per heavy atom. The summed E-state index contributed by atoms with van der Waals surface area (Å²) in [6.45, 7) is 2.16. The number of aryl methyl sites for hydroxylation is 1. The minimum atomic E-state index is -0.509. The first kappa shape index (κ1) is 15.5. The van der Waals surface area contributed by atoms with Crippen LogP contribution < -0.4 is 5.73 Å². The van der Waals surface area contributed by atoms with Crippen molar-refractivity contribution in [1.82, 2.24) is 0 Å². The number of nitrogens with two attached hydrogens (primary N) is 1. The topological polar surface area (TPSA) is 43.1 Å². The Bertz CT molecular complexity index is 577. The zero-order chi connectivity index (χ0) is 15.1. The van der Waals surface area contributed by atoms with Crippen LogP contribution in [-0.2, 0) is 12.8 Å². The maximum Gasteiger partial charge on any atom is 0.180 e. The fraction of sp³-hybridized carbons (Fsp3) is 0.316. The molecule has 0 aromatic heterocycles. The molecule has 0 heterocycles. The van der Waals surface area contributed by atoms with Gasteiger partial charge in [-0.3, -0.25) is 4.79 Å². The minimum absolute atomic E-state index is 0.0304. The average molecular weight is 280 g/mol. The first-order chi connectivity index (χ1) is 10.2. The number of ketones is 1. The van der Waals surface area contributed by atoms with Crippen LogP contribution >= 0.6 is 0 Å². The molecule has 1 atom stereocenters. The average Bonchev–Trinajstić information content (AvgIpc) is 2.53. The summed E-state index contributed by atoms with van der Waals surface area (Å²) in [5, 5.41) is 0. The van der Waals surface area contributed by atoms with Gasteiger partial charge in [0.25, 0.3) is 0 Å². The smallest absolute Gasteiger partial charge is 0.180 e. The van der Waals surface area contributed by atoms with E-state index in [1.165, 1.54) is 5.56 Å². The van der Waals surface area contributed by atoms with Gasteiger partial charge in [0.05, 0.1) is 6.04 Å². The van der Waals surface area contributed by atoms with Gasteiger partial charge in [-0.25, -0.2) is 0 Å². The van der Waals surface area contributed by atoms with Crippen LogP contribution in [0.1, 0.15) is 41.3 Å². The molecule has 0 amide bonds. The third-order valence-corrected chi connectivity index (χ3v) is 3.59. The Labute approximate surface area is 127 Å². The van der Waals surface area contributed by atoms with Crippen molar-refractivity contribution < 1.29 is 4.79 Å². The highest BCUT2D eigenvalue weighted by molar-refractivity contribution is 6.00. The van der Waals surface area contributed by atoms with Gasteiger partial charge in [0.1, 0.15) is 0 Å². The Hall–Kier alpha value is -1.93. The van der Waals surface area contributed by atoms with Gasteiger partial charge in [0.15, 0.2) is 5.78 Å². The van der Waals surface area contributed by atoms with Crippen molar-refractivity contribution in [2.45, 2.75) is 38.6 Å². The van der Waals surface area contributed by atoms with Crippen LogP contribution in [0, 0.1) is 6.07 Å². The highest BCUT2D eigenvalue weighted by Crippen LogP contribution is 2.12. The summed E-state index contributed by atoms with van der Waals surface area (Å²) >= 11 is 0. The second-order valence-corrected chi connectivity index (χ2v) is 5.37. The van der Waals surface area contributed by atoms with Crippen LogP contribution in [0.25, 0.3) is 0 Å². The molecule has 0 aliphatic carbocycles. The van der Waals surface area contributed by atoms with E-state index in [9.17, 15) is 4.79 Å². The van der Waals surface area contributed by atoms with Gasteiger partial charge in [0, 0.05) is 5.56 Å². The normalized spacial score (nSPS) is 12.1. The van der Waals surface area contributed by atoms with E-state index in [1.807, 2.05) is 48.5 Å². The van der Waals surface area contributed by atoms with Crippen molar-refractivity contribution >= 4 is 5.78 Å². The largest absolute Gasteiger partial charge is 0.321 e. The molecular weight excluding hydrogens is 258 g/mol. The van der Waals surface area contributed by atoms with Crippen molar-refractivity contribution in [2.75, 3.05) is 0 Å². The number of benzene rings is 2. The SMILES string of the molecule is CCCCc1cc[c]c(C(=O)[C@@H](N)Cc2ccccc2)c1. The third-order valence-electron chi connectivity index (χ3n) is 3.59. The number of rotatable bonds is 7. The Kier molecular flexibility index (Phi) is 5.70.